The van der Waals surface area contributed by atoms with Crippen LogP contribution in [-0.2, 0) is 46.9 Å². The number of carbonyl (C=O) groups is 3. The summed E-state index contributed by atoms with van der Waals surface area (Å²) in [5.74, 6) is -1.44. The minimum absolute atomic E-state index is 0.0653. The van der Waals surface area contributed by atoms with E-state index in [1.165, 1.54) is 26.2 Å². The number of fused-ring (bicyclic) bond motifs is 1. The minimum Gasteiger partial charge on any atom is -0.485 e. The molecule has 3 atom stereocenters. The Morgan fingerprint density at radius 1 is 1.26 bits per heavy atom. The zero-order valence-corrected chi connectivity index (χ0v) is 31.3. The quantitative estimate of drug-likeness (QED) is 0.0353. The number of hydroxylamine groups is 2. The fraction of sp³-hybridized carbons (Fsp3) is 0.455. The van der Waals surface area contributed by atoms with E-state index in [1.807, 2.05) is 24.3 Å². The van der Waals surface area contributed by atoms with Gasteiger partial charge in [0.05, 0.1) is 24.8 Å². The number of aryl methyl sites for hydroxylation is 1. The number of rotatable bonds is 15. The Kier molecular flexibility index (Phi) is 10.8. The second kappa shape index (κ2) is 15.1. The summed E-state index contributed by atoms with van der Waals surface area (Å²) < 4.78 is 44.2. The SMILES string of the molecule is CC(O/N=C(\C(=O)NC1C(=O)N(OS(=O)(=O)O)C1(C)C)c1csc(N)n1)(C(=O)O)[C@H]1CCc2cc(-c3ccc(NCCN)[n+](CC4CNC4)c3)ccc2O1. The fourth-order valence-electron chi connectivity index (χ4n) is 6.34. The van der Waals surface area contributed by atoms with Gasteiger partial charge < -0.3 is 36.8 Å². The van der Waals surface area contributed by atoms with Crippen molar-refractivity contribution >= 4 is 56.2 Å². The van der Waals surface area contributed by atoms with Crippen molar-refractivity contribution < 1.29 is 50.9 Å². The van der Waals surface area contributed by atoms with Gasteiger partial charge in [0, 0.05) is 42.6 Å². The van der Waals surface area contributed by atoms with Gasteiger partial charge in [0.2, 0.25) is 0 Å². The summed E-state index contributed by atoms with van der Waals surface area (Å²) in [5, 5.41) is 25.3. The van der Waals surface area contributed by atoms with Crippen LogP contribution >= 0.6 is 11.3 Å². The van der Waals surface area contributed by atoms with Crippen LogP contribution in [0.15, 0.2) is 47.1 Å². The molecule has 2 aromatic heterocycles. The van der Waals surface area contributed by atoms with Crippen molar-refractivity contribution in [1.29, 1.82) is 0 Å². The third-order valence-corrected chi connectivity index (χ3v) is 10.6. The van der Waals surface area contributed by atoms with Gasteiger partial charge in [0.15, 0.2) is 16.9 Å². The van der Waals surface area contributed by atoms with Crippen molar-refractivity contribution in [2.75, 3.05) is 37.2 Å². The molecular weight excluding hydrogens is 747 g/mol. The minimum atomic E-state index is -5.03. The second-order valence-electron chi connectivity index (χ2n) is 13.9. The maximum absolute atomic E-state index is 13.5. The van der Waals surface area contributed by atoms with Crippen LogP contribution in [0.3, 0.4) is 0 Å². The van der Waals surface area contributed by atoms with E-state index in [1.54, 1.807) is 6.07 Å². The van der Waals surface area contributed by atoms with Gasteiger partial charge in [-0.3, -0.25) is 19.5 Å². The predicted molar refractivity (Wildman–Crippen MR) is 194 cm³/mol. The number of nitrogens with zero attached hydrogens (tertiary/aromatic N) is 4. The van der Waals surface area contributed by atoms with Crippen LogP contribution in [-0.4, -0.2) is 101 Å². The molecule has 0 spiro atoms. The van der Waals surface area contributed by atoms with E-state index in [4.69, 9.17) is 25.6 Å². The number of carboxylic acid groups (broad SMARTS) is 1. The summed E-state index contributed by atoms with van der Waals surface area (Å²) in [7, 11) is -5.03. The van der Waals surface area contributed by atoms with Gasteiger partial charge in [-0.2, -0.15) is 13.5 Å². The number of oxime groups is 1. The lowest BCUT2D eigenvalue weighted by atomic mass is 9.84. The van der Waals surface area contributed by atoms with Crippen LogP contribution in [0.4, 0.5) is 10.9 Å². The van der Waals surface area contributed by atoms with Crippen LogP contribution in [0, 0.1) is 5.92 Å². The molecule has 0 saturated carbocycles. The largest absolute Gasteiger partial charge is 0.485 e. The zero-order valence-electron chi connectivity index (χ0n) is 29.6. The van der Waals surface area contributed by atoms with E-state index in [0.29, 0.717) is 36.2 Å². The van der Waals surface area contributed by atoms with E-state index in [9.17, 15) is 27.9 Å². The van der Waals surface area contributed by atoms with Crippen molar-refractivity contribution in [3.8, 4) is 16.9 Å². The average molecular weight is 789 g/mol. The van der Waals surface area contributed by atoms with Gasteiger partial charge in [-0.15, -0.1) is 15.6 Å². The number of hydrogen-bond acceptors (Lipinski definition) is 15. The van der Waals surface area contributed by atoms with Crippen LogP contribution in [0.2, 0.25) is 0 Å². The smallest absolute Gasteiger partial charge is 0.418 e. The Bertz CT molecular complexity index is 2090. The first-order valence-electron chi connectivity index (χ1n) is 17.0. The van der Waals surface area contributed by atoms with Crippen LogP contribution in [0.5, 0.6) is 5.75 Å². The number of β-lactam (4-membered cyclic amide) rings is 1. The standard InChI is InChI=1S/C33H41N9O10S2/c1-32(2)27(29(44)42(32)52-54(47,48)49)39-28(43)26(22-17-53-31(35)38-22)40-51-33(3,30(45)46)24-8-5-20-12-19(4-7-23(20)50-24)21-6-9-25(37-11-10-34)41(16-21)15-18-13-36-14-18/h4,6-7,9,12,16-18,24,27,36H,5,8,10-11,13-15,34H2,1-3H3,(H5,35,38,39,43,45,46,47,48,49)/p+1/b40-26-/t24-,27?,33?/m1/s1. The monoisotopic (exact) mass is 788 g/mol. The molecule has 0 bridgehead atoms. The number of anilines is 2. The van der Waals surface area contributed by atoms with Crippen LogP contribution < -0.4 is 36.7 Å². The first-order chi connectivity index (χ1) is 25.5. The van der Waals surface area contributed by atoms with Crippen molar-refractivity contribution in [2.45, 2.75) is 63.4 Å². The molecule has 54 heavy (non-hydrogen) atoms. The number of nitrogens with two attached hydrogens (primary N) is 2. The molecule has 290 valence electrons. The van der Waals surface area contributed by atoms with Gasteiger partial charge in [-0.25, -0.2) is 14.3 Å². The molecule has 21 heteroatoms. The number of thiazole rings is 1. The Balaban J connectivity index is 1.21. The summed E-state index contributed by atoms with van der Waals surface area (Å²) in [6, 6.07) is 8.43. The molecular formula is C33H42N9O10S2+. The summed E-state index contributed by atoms with van der Waals surface area (Å²) in [6.07, 6.45) is 1.73. The number of carboxylic acids is 1. The Morgan fingerprint density at radius 3 is 2.61 bits per heavy atom. The molecule has 1 aromatic carbocycles. The number of benzene rings is 1. The number of aliphatic carboxylic acids is 1. The summed E-state index contributed by atoms with van der Waals surface area (Å²) in [5.41, 5.74) is 10.2. The molecule has 3 aliphatic heterocycles. The van der Waals surface area contributed by atoms with E-state index in [2.05, 4.69) is 41.1 Å². The van der Waals surface area contributed by atoms with Gasteiger partial charge in [-0.1, -0.05) is 11.2 Å². The lowest BCUT2D eigenvalue weighted by Crippen LogP contribution is -2.76. The van der Waals surface area contributed by atoms with Crippen LogP contribution in [0.1, 0.15) is 38.4 Å². The van der Waals surface area contributed by atoms with Gasteiger partial charge in [-0.05, 0) is 62.9 Å². The fourth-order valence-corrected chi connectivity index (χ4v) is 7.34. The summed E-state index contributed by atoms with van der Waals surface area (Å²) in [6.45, 7) is 7.95. The van der Waals surface area contributed by atoms with Gasteiger partial charge in [0.1, 0.15) is 17.5 Å². The van der Waals surface area contributed by atoms with Crippen LogP contribution in [0.25, 0.3) is 11.1 Å². The van der Waals surface area contributed by atoms with E-state index in [0.717, 1.165) is 53.5 Å². The van der Waals surface area contributed by atoms with Gasteiger partial charge in [0.25, 0.3) is 23.2 Å². The number of carbonyl (C=O) groups excluding carboxylic acids is 2. The second-order valence-corrected chi connectivity index (χ2v) is 15.8. The first-order valence-corrected chi connectivity index (χ1v) is 19.3. The number of pyridine rings is 1. The van der Waals surface area contributed by atoms with Crippen molar-refractivity contribution in [1.82, 2.24) is 20.7 Å². The van der Waals surface area contributed by atoms with E-state index >= 15 is 0 Å². The molecule has 9 N–H and O–H groups in total. The van der Waals surface area contributed by atoms with Crippen molar-refractivity contribution in [3.63, 3.8) is 0 Å². The van der Waals surface area contributed by atoms with Crippen molar-refractivity contribution in [3.05, 3.63) is 53.2 Å². The molecule has 2 unspecified atom stereocenters. The molecule has 3 aromatic rings. The Labute approximate surface area is 314 Å². The molecule has 2 saturated heterocycles. The highest BCUT2D eigenvalue weighted by molar-refractivity contribution is 7.80. The highest BCUT2D eigenvalue weighted by Gasteiger charge is 2.58. The lowest BCUT2D eigenvalue weighted by molar-refractivity contribution is -0.690. The predicted octanol–water partition coefficient (Wildman–Crippen LogP) is 0.0676. The van der Waals surface area contributed by atoms with Gasteiger partial charge >= 0.3 is 16.4 Å². The number of hydrogen-bond donors (Lipinski definition) is 7. The molecule has 2 fully saturated rings. The molecule has 5 heterocycles. The summed E-state index contributed by atoms with van der Waals surface area (Å²) >= 11 is 0.974. The maximum atomic E-state index is 13.5. The number of aromatic nitrogens is 2. The normalized spacial score (nSPS) is 20.8. The molecule has 19 nitrogen and oxygen atoms in total. The molecule has 3 aliphatic rings. The summed E-state index contributed by atoms with van der Waals surface area (Å²) in [4.78, 5) is 48.7. The average Bonchev–Trinajstić information content (AvgIpc) is 3.54. The highest BCUT2D eigenvalue weighted by atomic mass is 32.3. The Morgan fingerprint density at radius 2 is 2.00 bits per heavy atom. The van der Waals surface area contributed by atoms with E-state index in [-0.39, 0.29) is 17.2 Å². The third kappa shape index (κ3) is 7.95. The Hall–Kier alpha value is -4.93. The number of nitrogen functional groups attached to an aromatic ring is 1. The number of nitrogens with one attached hydrogen (secondary N) is 3. The topological polar surface area (TPSA) is 274 Å². The van der Waals surface area contributed by atoms with Crippen molar-refractivity contribution in [2.24, 2.45) is 16.8 Å². The maximum Gasteiger partial charge on any atom is 0.418 e. The number of ether oxygens (including phenoxy) is 1. The van der Waals surface area contributed by atoms with E-state index < -0.39 is 57.2 Å². The third-order valence-electron chi connectivity index (χ3n) is 9.60. The lowest BCUT2D eigenvalue weighted by Gasteiger charge is -2.50. The number of amides is 2. The highest BCUT2D eigenvalue weighted by Crippen LogP contribution is 2.37. The first kappa shape index (κ1) is 38.8. The molecule has 0 radical (unpaired) electrons. The molecule has 6 rings (SSSR count). The molecule has 0 aliphatic carbocycles. The zero-order chi connectivity index (χ0) is 39.0. The molecule has 2 amide bonds.